The van der Waals surface area contributed by atoms with Crippen LogP contribution in [0.4, 0.5) is 0 Å². The molecule has 0 N–H and O–H groups in total. The van der Waals surface area contributed by atoms with Gasteiger partial charge in [-0.1, -0.05) is 46.7 Å². The van der Waals surface area contributed by atoms with E-state index in [1.165, 1.54) is 28.5 Å². The average molecular weight is 391 g/mol. The van der Waals surface area contributed by atoms with Crippen molar-refractivity contribution in [1.82, 2.24) is 15.2 Å². The van der Waals surface area contributed by atoms with Crippen LogP contribution in [0, 0.1) is 27.7 Å². The molecule has 4 aromatic rings. The predicted octanol–water partition coefficient (Wildman–Crippen LogP) is 5.92. The average Bonchev–Trinajstić information content (AvgIpc) is 3.29. The normalized spacial score (nSPS) is 11.1. The molecule has 0 unspecified atom stereocenters. The van der Waals surface area contributed by atoms with E-state index in [-0.39, 0.29) is 0 Å². The van der Waals surface area contributed by atoms with Gasteiger partial charge in [0, 0.05) is 16.9 Å². The number of oxazole rings is 1. The minimum absolute atomic E-state index is 0.519. The molecule has 0 saturated heterocycles. The van der Waals surface area contributed by atoms with Gasteiger partial charge in [-0.3, -0.25) is 0 Å². The van der Waals surface area contributed by atoms with Crippen LogP contribution in [-0.4, -0.2) is 15.2 Å². The standard InChI is InChI=1S/C22H21N3O2S/c1-13-5-6-19(16(4)8-13)21-23-18(11-26-21)12-28-22-25-24-20(27-22)17-9-14(2)7-15(3)10-17/h5-11H,12H2,1-4H3. The van der Waals surface area contributed by atoms with Gasteiger partial charge >= 0.3 is 0 Å². The van der Waals surface area contributed by atoms with E-state index in [9.17, 15) is 0 Å². The third-order valence-corrected chi connectivity index (χ3v) is 5.23. The Hall–Kier alpha value is -2.86. The quantitative estimate of drug-likeness (QED) is 0.394. The summed E-state index contributed by atoms with van der Waals surface area (Å²) in [4.78, 5) is 4.60. The summed E-state index contributed by atoms with van der Waals surface area (Å²) in [6.07, 6.45) is 1.68. The Bertz CT molecular complexity index is 1110. The SMILES string of the molecule is Cc1cc(C)cc(-c2nnc(SCc3coc(-c4ccc(C)cc4C)n3)o2)c1. The molecule has 2 heterocycles. The fourth-order valence-corrected chi connectivity index (χ4v) is 3.81. The number of rotatable bonds is 5. The largest absolute Gasteiger partial charge is 0.444 e. The summed E-state index contributed by atoms with van der Waals surface area (Å²) >= 11 is 1.45. The highest BCUT2D eigenvalue weighted by atomic mass is 32.2. The predicted molar refractivity (Wildman–Crippen MR) is 110 cm³/mol. The topological polar surface area (TPSA) is 65.0 Å². The van der Waals surface area contributed by atoms with Gasteiger partial charge in [-0.2, -0.15) is 0 Å². The van der Waals surface area contributed by atoms with Gasteiger partial charge in [0.1, 0.15) is 6.26 Å². The van der Waals surface area contributed by atoms with Crippen molar-refractivity contribution in [1.29, 1.82) is 0 Å². The lowest BCUT2D eigenvalue weighted by atomic mass is 10.1. The maximum absolute atomic E-state index is 5.81. The number of hydrogen-bond acceptors (Lipinski definition) is 6. The van der Waals surface area contributed by atoms with Gasteiger partial charge in [0.15, 0.2) is 0 Å². The number of aromatic nitrogens is 3. The first-order valence-electron chi connectivity index (χ1n) is 9.05. The summed E-state index contributed by atoms with van der Waals surface area (Å²) in [5, 5.41) is 8.83. The van der Waals surface area contributed by atoms with E-state index in [0.29, 0.717) is 22.8 Å². The lowest BCUT2D eigenvalue weighted by Crippen LogP contribution is -1.86. The number of benzene rings is 2. The first-order chi connectivity index (χ1) is 13.5. The first kappa shape index (κ1) is 18.5. The van der Waals surface area contributed by atoms with Crippen molar-refractivity contribution in [3.8, 4) is 22.9 Å². The van der Waals surface area contributed by atoms with Gasteiger partial charge in [-0.15, -0.1) is 10.2 Å². The summed E-state index contributed by atoms with van der Waals surface area (Å²) < 4.78 is 11.5. The highest BCUT2D eigenvalue weighted by molar-refractivity contribution is 7.98. The second-order valence-electron chi connectivity index (χ2n) is 7.00. The summed E-state index contributed by atoms with van der Waals surface area (Å²) in [7, 11) is 0. The van der Waals surface area contributed by atoms with Crippen molar-refractivity contribution in [2.75, 3.05) is 0 Å². The molecule has 28 heavy (non-hydrogen) atoms. The molecule has 0 aliphatic carbocycles. The second kappa shape index (κ2) is 7.64. The molecule has 6 heteroatoms. The van der Waals surface area contributed by atoms with E-state index < -0.39 is 0 Å². The van der Waals surface area contributed by atoms with E-state index in [4.69, 9.17) is 8.83 Å². The Balaban J connectivity index is 1.46. The van der Waals surface area contributed by atoms with Crippen LogP contribution in [-0.2, 0) is 5.75 Å². The van der Waals surface area contributed by atoms with Crippen molar-refractivity contribution >= 4 is 11.8 Å². The maximum atomic E-state index is 5.81. The zero-order valence-corrected chi connectivity index (χ0v) is 17.1. The Morgan fingerprint density at radius 2 is 1.64 bits per heavy atom. The molecule has 0 bridgehead atoms. The number of thioether (sulfide) groups is 1. The van der Waals surface area contributed by atoms with E-state index in [1.54, 1.807) is 6.26 Å². The van der Waals surface area contributed by atoms with Crippen LogP contribution in [0.25, 0.3) is 22.9 Å². The number of nitrogens with zero attached hydrogens (tertiary/aromatic N) is 3. The number of aryl methyl sites for hydroxylation is 4. The minimum atomic E-state index is 0.519. The van der Waals surface area contributed by atoms with E-state index in [1.807, 2.05) is 18.2 Å². The monoisotopic (exact) mass is 391 g/mol. The van der Waals surface area contributed by atoms with Crippen molar-refractivity contribution in [2.24, 2.45) is 0 Å². The zero-order valence-electron chi connectivity index (χ0n) is 16.3. The molecule has 0 spiro atoms. The van der Waals surface area contributed by atoms with Gasteiger partial charge < -0.3 is 8.83 Å². The molecule has 5 nitrogen and oxygen atoms in total. The minimum Gasteiger partial charge on any atom is -0.444 e. The van der Waals surface area contributed by atoms with Crippen molar-refractivity contribution in [3.05, 3.63) is 70.6 Å². The second-order valence-corrected chi connectivity index (χ2v) is 7.93. The number of hydrogen-bond donors (Lipinski definition) is 0. The lowest BCUT2D eigenvalue weighted by molar-refractivity contribution is 0.465. The van der Waals surface area contributed by atoms with Crippen LogP contribution in [0.15, 0.2) is 56.7 Å². The first-order valence-corrected chi connectivity index (χ1v) is 10.0. The van der Waals surface area contributed by atoms with Crippen LogP contribution < -0.4 is 0 Å². The molecule has 0 aliphatic heterocycles. The molecule has 0 aliphatic rings. The Morgan fingerprint density at radius 3 is 2.39 bits per heavy atom. The molecule has 2 aromatic carbocycles. The van der Waals surface area contributed by atoms with E-state index in [2.05, 4.69) is 61.1 Å². The highest BCUT2D eigenvalue weighted by Gasteiger charge is 2.13. The van der Waals surface area contributed by atoms with Gasteiger partial charge in [0.25, 0.3) is 5.22 Å². The Kier molecular flexibility index (Phi) is 5.05. The van der Waals surface area contributed by atoms with Gasteiger partial charge in [0.05, 0.1) is 5.69 Å². The third kappa shape index (κ3) is 4.02. The molecule has 0 amide bonds. The van der Waals surface area contributed by atoms with Crippen molar-refractivity contribution in [3.63, 3.8) is 0 Å². The van der Waals surface area contributed by atoms with Crippen molar-refractivity contribution < 1.29 is 8.83 Å². The summed E-state index contributed by atoms with van der Waals surface area (Å²) in [6.45, 7) is 8.25. The van der Waals surface area contributed by atoms with E-state index in [0.717, 1.165) is 22.4 Å². The fourth-order valence-electron chi connectivity index (χ4n) is 3.17. The maximum Gasteiger partial charge on any atom is 0.277 e. The molecular formula is C22H21N3O2S. The van der Waals surface area contributed by atoms with Crippen LogP contribution in [0.2, 0.25) is 0 Å². The zero-order chi connectivity index (χ0) is 19.7. The van der Waals surface area contributed by atoms with Gasteiger partial charge in [-0.05, 0) is 51.5 Å². The molecule has 142 valence electrons. The van der Waals surface area contributed by atoms with Gasteiger partial charge in [-0.25, -0.2) is 4.98 Å². The third-order valence-electron chi connectivity index (χ3n) is 4.38. The van der Waals surface area contributed by atoms with Crippen LogP contribution in [0.5, 0.6) is 0 Å². The molecule has 4 rings (SSSR count). The Labute approximate surface area is 168 Å². The van der Waals surface area contributed by atoms with Crippen molar-refractivity contribution in [2.45, 2.75) is 38.7 Å². The molecule has 0 radical (unpaired) electrons. The molecular weight excluding hydrogens is 370 g/mol. The van der Waals surface area contributed by atoms with Crippen LogP contribution in [0.1, 0.15) is 27.9 Å². The lowest BCUT2D eigenvalue weighted by Gasteiger charge is -2.02. The summed E-state index contributed by atoms with van der Waals surface area (Å²) in [5.74, 6) is 1.77. The van der Waals surface area contributed by atoms with E-state index >= 15 is 0 Å². The van der Waals surface area contributed by atoms with Gasteiger partial charge in [0.2, 0.25) is 11.8 Å². The smallest absolute Gasteiger partial charge is 0.277 e. The molecule has 0 atom stereocenters. The fraction of sp³-hybridized carbons (Fsp3) is 0.227. The molecule has 0 fully saturated rings. The molecule has 0 saturated carbocycles. The summed E-state index contributed by atoms with van der Waals surface area (Å²) in [5.41, 5.74) is 7.50. The highest BCUT2D eigenvalue weighted by Crippen LogP contribution is 2.28. The van der Waals surface area contributed by atoms with Crippen LogP contribution >= 0.6 is 11.8 Å². The van der Waals surface area contributed by atoms with Crippen LogP contribution in [0.3, 0.4) is 0 Å². The Morgan fingerprint density at radius 1 is 0.857 bits per heavy atom. The summed E-state index contributed by atoms with van der Waals surface area (Å²) in [6, 6.07) is 12.4. The molecule has 2 aromatic heterocycles.